The molecule has 1 rings (SSSR count). The number of ketones is 1. The van der Waals surface area contributed by atoms with Crippen LogP contribution >= 0.6 is 0 Å². The van der Waals surface area contributed by atoms with Gasteiger partial charge in [-0.05, 0) is 5.92 Å². The van der Waals surface area contributed by atoms with Crippen LogP contribution in [-0.4, -0.2) is 25.5 Å². The van der Waals surface area contributed by atoms with Crippen LogP contribution in [0, 0.1) is 5.92 Å². The van der Waals surface area contributed by atoms with Crippen molar-refractivity contribution in [3.63, 3.8) is 0 Å². The summed E-state index contributed by atoms with van der Waals surface area (Å²) in [6.07, 6.45) is 7.09. The average Bonchev–Trinajstić information content (AvgIpc) is 2.20. The fraction of sp³-hybridized carbons (Fsp3) is 0.909. The van der Waals surface area contributed by atoms with Crippen molar-refractivity contribution in [3.05, 3.63) is 0 Å². The van der Waals surface area contributed by atoms with Crippen LogP contribution in [0.5, 0.6) is 0 Å². The molecule has 3 heteroatoms. The number of Topliss-reactive ketones (excluding diaryl/α,β-unsaturated/α-hetero) is 1. The summed E-state index contributed by atoms with van der Waals surface area (Å²) in [4.78, 5) is 11.4. The third-order valence-corrected chi connectivity index (χ3v) is 2.77. The number of hydrogen-bond donors (Lipinski definition) is 1. The van der Waals surface area contributed by atoms with E-state index in [0.29, 0.717) is 25.5 Å². The van der Waals surface area contributed by atoms with Crippen molar-refractivity contribution in [2.24, 2.45) is 11.7 Å². The molecule has 0 aromatic heterocycles. The second-order valence-corrected chi connectivity index (χ2v) is 4.09. The lowest BCUT2D eigenvalue weighted by atomic mass is 9.86. The number of hydrogen-bond acceptors (Lipinski definition) is 3. The van der Waals surface area contributed by atoms with E-state index < -0.39 is 0 Å². The minimum absolute atomic E-state index is 0.241. The van der Waals surface area contributed by atoms with Crippen molar-refractivity contribution in [2.75, 3.05) is 19.8 Å². The molecule has 0 unspecified atom stereocenters. The van der Waals surface area contributed by atoms with Crippen molar-refractivity contribution in [2.45, 2.75) is 38.5 Å². The van der Waals surface area contributed by atoms with Gasteiger partial charge in [0.05, 0.1) is 6.61 Å². The van der Waals surface area contributed by atoms with Crippen molar-refractivity contribution in [1.82, 2.24) is 0 Å². The van der Waals surface area contributed by atoms with E-state index in [9.17, 15) is 4.79 Å². The second-order valence-electron chi connectivity index (χ2n) is 4.09. The Balaban J connectivity index is 2.06. The first-order valence-corrected chi connectivity index (χ1v) is 5.62. The van der Waals surface area contributed by atoms with Crippen LogP contribution < -0.4 is 5.73 Å². The van der Waals surface area contributed by atoms with Crippen LogP contribution in [-0.2, 0) is 9.53 Å². The summed E-state index contributed by atoms with van der Waals surface area (Å²) >= 11 is 0. The van der Waals surface area contributed by atoms with E-state index in [2.05, 4.69) is 0 Å². The third-order valence-electron chi connectivity index (χ3n) is 2.77. The highest BCUT2D eigenvalue weighted by Gasteiger charge is 2.16. The van der Waals surface area contributed by atoms with Crippen LogP contribution in [0.3, 0.4) is 0 Å². The highest BCUT2D eigenvalue weighted by Crippen LogP contribution is 2.26. The molecule has 3 nitrogen and oxygen atoms in total. The lowest BCUT2D eigenvalue weighted by molar-refractivity contribution is -0.124. The molecule has 0 spiro atoms. The molecule has 0 aliphatic heterocycles. The monoisotopic (exact) mass is 199 g/mol. The summed E-state index contributed by atoms with van der Waals surface area (Å²) < 4.78 is 5.11. The van der Waals surface area contributed by atoms with Crippen LogP contribution in [0.2, 0.25) is 0 Å². The first kappa shape index (κ1) is 11.7. The van der Waals surface area contributed by atoms with Gasteiger partial charge in [-0.1, -0.05) is 32.1 Å². The number of nitrogens with two attached hydrogens (primary N) is 1. The van der Waals surface area contributed by atoms with Gasteiger partial charge in [-0.15, -0.1) is 0 Å². The molecule has 0 aromatic carbocycles. The maximum atomic E-state index is 11.4. The van der Waals surface area contributed by atoms with Crippen LogP contribution in [0.4, 0.5) is 0 Å². The molecule has 1 saturated carbocycles. The molecule has 0 saturated heterocycles. The summed E-state index contributed by atoms with van der Waals surface area (Å²) in [5, 5.41) is 0. The fourth-order valence-electron chi connectivity index (χ4n) is 2.04. The molecule has 0 radical (unpaired) electrons. The van der Waals surface area contributed by atoms with Crippen molar-refractivity contribution in [1.29, 1.82) is 0 Å². The van der Waals surface area contributed by atoms with Gasteiger partial charge in [-0.2, -0.15) is 0 Å². The van der Waals surface area contributed by atoms with Crippen LogP contribution in [0.1, 0.15) is 38.5 Å². The Bertz CT molecular complexity index is 165. The second kappa shape index (κ2) is 6.96. The number of ether oxygens (including phenoxy) is 1. The number of carbonyl (C=O) groups is 1. The van der Waals surface area contributed by atoms with Crippen molar-refractivity contribution < 1.29 is 9.53 Å². The smallest absolute Gasteiger partial charge is 0.158 e. The molecule has 0 atom stereocenters. The minimum atomic E-state index is 0.241. The van der Waals surface area contributed by atoms with Gasteiger partial charge in [0, 0.05) is 13.0 Å². The predicted molar refractivity (Wildman–Crippen MR) is 56.1 cm³/mol. The molecular weight excluding hydrogens is 178 g/mol. The van der Waals surface area contributed by atoms with Crippen molar-refractivity contribution >= 4 is 5.78 Å². The van der Waals surface area contributed by atoms with E-state index in [4.69, 9.17) is 10.5 Å². The molecule has 0 heterocycles. The summed E-state index contributed by atoms with van der Waals surface area (Å²) in [6.45, 7) is 1.25. The first-order valence-electron chi connectivity index (χ1n) is 5.62. The fourth-order valence-corrected chi connectivity index (χ4v) is 2.04. The molecule has 0 aromatic rings. The van der Waals surface area contributed by atoms with E-state index in [1.165, 1.54) is 32.1 Å². The van der Waals surface area contributed by atoms with E-state index in [0.717, 1.165) is 0 Å². The Morgan fingerprint density at radius 1 is 1.29 bits per heavy atom. The van der Waals surface area contributed by atoms with Gasteiger partial charge in [0.25, 0.3) is 0 Å². The summed E-state index contributed by atoms with van der Waals surface area (Å²) in [5.74, 6) is 0.864. The van der Waals surface area contributed by atoms with Crippen molar-refractivity contribution in [3.8, 4) is 0 Å². The topological polar surface area (TPSA) is 52.3 Å². The molecule has 1 fully saturated rings. The standard InChI is InChI=1S/C11H21NO2/c12-6-7-14-9-11(13)8-10-4-2-1-3-5-10/h10H,1-9,12H2. The molecule has 14 heavy (non-hydrogen) atoms. The lowest BCUT2D eigenvalue weighted by Gasteiger charge is -2.20. The van der Waals surface area contributed by atoms with Gasteiger partial charge < -0.3 is 10.5 Å². The third kappa shape index (κ3) is 4.72. The zero-order valence-corrected chi connectivity index (χ0v) is 8.84. The molecule has 1 aliphatic carbocycles. The van der Waals surface area contributed by atoms with Gasteiger partial charge in [-0.25, -0.2) is 0 Å². The Kier molecular flexibility index (Phi) is 5.80. The van der Waals surface area contributed by atoms with E-state index in [-0.39, 0.29) is 12.4 Å². The van der Waals surface area contributed by atoms with Crippen LogP contribution in [0.15, 0.2) is 0 Å². The number of carbonyl (C=O) groups excluding carboxylic acids is 1. The molecule has 0 amide bonds. The zero-order chi connectivity index (χ0) is 10.2. The maximum Gasteiger partial charge on any atom is 0.158 e. The van der Waals surface area contributed by atoms with Gasteiger partial charge in [0.1, 0.15) is 6.61 Å². The Morgan fingerprint density at radius 3 is 2.64 bits per heavy atom. The molecular formula is C11H21NO2. The Morgan fingerprint density at radius 2 is 2.00 bits per heavy atom. The van der Waals surface area contributed by atoms with Gasteiger partial charge in [-0.3, -0.25) is 4.79 Å². The maximum absolute atomic E-state index is 11.4. The summed E-state index contributed by atoms with van der Waals surface area (Å²) in [6, 6.07) is 0. The normalized spacial score (nSPS) is 18.4. The highest BCUT2D eigenvalue weighted by molar-refractivity contribution is 5.79. The molecule has 1 aliphatic rings. The molecule has 82 valence electrons. The molecule has 2 N–H and O–H groups in total. The van der Waals surface area contributed by atoms with Gasteiger partial charge in [0.15, 0.2) is 5.78 Å². The summed E-state index contributed by atoms with van der Waals surface area (Å²) in [5.41, 5.74) is 5.26. The SMILES string of the molecule is NCCOCC(=O)CC1CCCCC1. The lowest BCUT2D eigenvalue weighted by Crippen LogP contribution is -2.18. The predicted octanol–water partition coefficient (Wildman–Crippen LogP) is 1.50. The van der Waals surface area contributed by atoms with Gasteiger partial charge in [0.2, 0.25) is 0 Å². The largest absolute Gasteiger partial charge is 0.372 e. The van der Waals surface area contributed by atoms with E-state index in [1.54, 1.807) is 0 Å². The Hall–Kier alpha value is -0.410. The first-order chi connectivity index (χ1) is 6.83. The zero-order valence-electron chi connectivity index (χ0n) is 8.84. The average molecular weight is 199 g/mol. The van der Waals surface area contributed by atoms with Gasteiger partial charge >= 0.3 is 0 Å². The Labute approximate surface area is 86.0 Å². The molecule has 0 bridgehead atoms. The van der Waals surface area contributed by atoms with E-state index in [1.807, 2.05) is 0 Å². The minimum Gasteiger partial charge on any atom is -0.372 e. The summed E-state index contributed by atoms with van der Waals surface area (Å²) in [7, 11) is 0. The number of rotatable bonds is 6. The highest BCUT2D eigenvalue weighted by atomic mass is 16.5. The van der Waals surface area contributed by atoms with E-state index >= 15 is 0 Å². The van der Waals surface area contributed by atoms with Crippen LogP contribution in [0.25, 0.3) is 0 Å². The quantitative estimate of drug-likeness (QED) is 0.659.